The van der Waals surface area contributed by atoms with E-state index in [0.29, 0.717) is 43.5 Å². The van der Waals surface area contributed by atoms with Crippen molar-refractivity contribution < 1.29 is 18.8 Å². The largest absolute Gasteiger partial charge is 0.423 e. The highest BCUT2D eigenvalue weighted by molar-refractivity contribution is 5.98. The molecule has 0 aliphatic heterocycles. The van der Waals surface area contributed by atoms with Crippen molar-refractivity contribution >= 4 is 34.4 Å². The van der Waals surface area contributed by atoms with Gasteiger partial charge in [0.25, 0.3) is 0 Å². The molecule has 220 valence electrons. The second-order valence-corrected chi connectivity index (χ2v) is 10.5. The fourth-order valence-corrected chi connectivity index (χ4v) is 4.59. The fourth-order valence-electron chi connectivity index (χ4n) is 4.59. The number of nitrogens with one attached hydrogen (secondary N) is 3. The Morgan fingerprint density at radius 1 is 0.925 bits per heavy atom. The van der Waals surface area contributed by atoms with E-state index >= 15 is 0 Å². The van der Waals surface area contributed by atoms with E-state index in [1.807, 2.05) is 6.92 Å². The zero-order valence-corrected chi connectivity index (χ0v) is 24.5. The quantitative estimate of drug-likeness (QED) is 0.107. The predicted octanol–water partition coefficient (Wildman–Crippen LogP) is 6.31. The zero-order valence-electron chi connectivity index (χ0n) is 24.5. The van der Waals surface area contributed by atoms with Gasteiger partial charge in [0, 0.05) is 43.1 Å². The van der Waals surface area contributed by atoms with E-state index in [-0.39, 0.29) is 17.7 Å². The average Bonchev–Trinajstić information content (AvgIpc) is 2.90. The Kier molecular flexibility index (Phi) is 15.4. The molecule has 0 fully saturated rings. The smallest absolute Gasteiger partial charge is 0.336 e. The molecular weight excluding hydrogens is 506 g/mol. The maximum Gasteiger partial charge on any atom is 0.336 e. The molecule has 2 aromatic rings. The summed E-state index contributed by atoms with van der Waals surface area (Å²) >= 11 is 0. The van der Waals surface area contributed by atoms with Crippen LogP contribution in [0.25, 0.3) is 11.0 Å². The molecule has 0 saturated carbocycles. The van der Waals surface area contributed by atoms with Crippen LogP contribution in [0.15, 0.2) is 45.6 Å². The second kappa shape index (κ2) is 18.8. The summed E-state index contributed by atoms with van der Waals surface area (Å²) in [6.45, 7) is 5.96. The third-order valence-corrected chi connectivity index (χ3v) is 6.82. The van der Waals surface area contributed by atoms with Gasteiger partial charge < -0.3 is 20.4 Å². The van der Waals surface area contributed by atoms with E-state index < -0.39 is 11.7 Å². The molecule has 8 nitrogen and oxygen atoms in total. The molecule has 8 heteroatoms. The first-order valence-electron chi connectivity index (χ1n) is 14.8. The van der Waals surface area contributed by atoms with Gasteiger partial charge in [-0.3, -0.25) is 14.4 Å². The minimum atomic E-state index is -0.712. The van der Waals surface area contributed by atoms with Crippen molar-refractivity contribution in [3.63, 3.8) is 0 Å². The maximum atomic E-state index is 12.9. The van der Waals surface area contributed by atoms with Crippen LogP contribution < -0.4 is 21.6 Å². The van der Waals surface area contributed by atoms with Crippen LogP contribution in [0.4, 0.5) is 5.69 Å². The van der Waals surface area contributed by atoms with Gasteiger partial charge in [0.05, 0.1) is 0 Å². The number of fused-ring (bicyclic) bond motifs is 1. The number of unbranched alkanes of at least 4 members (excludes halogenated alkanes) is 8. The number of aryl methyl sites for hydroxylation is 1. The monoisotopic (exact) mass is 553 g/mol. The van der Waals surface area contributed by atoms with Crippen LogP contribution in [0.1, 0.15) is 103 Å². The van der Waals surface area contributed by atoms with Crippen molar-refractivity contribution in [2.45, 2.75) is 110 Å². The van der Waals surface area contributed by atoms with Crippen LogP contribution in [-0.2, 0) is 14.4 Å². The lowest BCUT2D eigenvalue weighted by Gasteiger charge is -2.18. The lowest BCUT2D eigenvalue weighted by Crippen LogP contribution is -2.43. The summed E-state index contributed by atoms with van der Waals surface area (Å²) in [6, 6.07) is 5.83. The Hall–Kier alpha value is -3.42. The van der Waals surface area contributed by atoms with Crippen LogP contribution in [0.5, 0.6) is 0 Å². The molecule has 0 radical (unpaired) electrons. The molecule has 1 aromatic heterocycles. The van der Waals surface area contributed by atoms with Crippen molar-refractivity contribution in [3.05, 3.63) is 52.4 Å². The number of allylic oxidation sites excluding steroid dienone is 2. The van der Waals surface area contributed by atoms with Gasteiger partial charge in [-0.05, 0) is 69.6 Å². The lowest BCUT2D eigenvalue weighted by atomic mass is 10.1. The van der Waals surface area contributed by atoms with Crippen LogP contribution in [0.3, 0.4) is 0 Å². The summed E-state index contributed by atoms with van der Waals surface area (Å²) in [7, 11) is 0. The minimum Gasteiger partial charge on any atom is -0.423 e. The molecule has 0 saturated heterocycles. The highest BCUT2D eigenvalue weighted by Gasteiger charge is 2.19. The molecule has 0 bridgehead atoms. The Morgan fingerprint density at radius 2 is 1.65 bits per heavy atom. The third-order valence-electron chi connectivity index (χ3n) is 6.82. The summed E-state index contributed by atoms with van der Waals surface area (Å²) < 4.78 is 5.25. The molecule has 0 spiro atoms. The van der Waals surface area contributed by atoms with Crippen molar-refractivity contribution in [2.75, 3.05) is 11.9 Å². The molecule has 1 atom stereocenters. The van der Waals surface area contributed by atoms with E-state index in [1.165, 1.54) is 51.5 Å². The van der Waals surface area contributed by atoms with Gasteiger partial charge in [-0.1, -0.05) is 51.2 Å². The molecule has 2 rings (SSSR count). The third kappa shape index (κ3) is 13.1. The van der Waals surface area contributed by atoms with Crippen LogP contribution >= 0.6 is 0 Å². The van der Waals surface area contributed by atoms with Crippen LogP contribution in [0.2, 0.25) is 0 Å². The summed E-state index contributed by atoms with van der Waals surface area (Å²) in [5.74, 6) is -0.605. The summed E-state index contributed by atoms with van der Waals surface area (Å²) in [6.07, 6.45) is 17.4. The van der Waals surface area contributed by atoms with Crippen molar-refractivity contribution in [1.29, 1.82) is 0 Å². The average molecular weight is 554 g/mol. The molecule has 0 aliphatic carbocycles. The van der Waals surface area contributed by atoms with Gasteiger partial charge >= 0.3 is 5.63 Å². The maximum absolute atomic E-state index is 12.9. The normalized spacial score (nSPS) is 12.0. The molecule has 0 aliphatic rings. The Bertz CT molecular complexity index is 1170. The number of carbonyl (C=O) groups is 3. The van der Waals surface area contributed by atoms with Crippen molar-refractivity contribution in [2.24, 2.45) is 0 Å². The topological polar surface area (TPSA) is 118 Å². The molecule has 0 unspecified atom stereocenters. The number of anilines is 1. The molecule has 40 heavy (non-hydrogen) atoms. The first kappa shape index (κ1) is 32.8. The van der Waals surface area contributed by atoms with Gasteiger partial charge in [0.15, 0.2) is 0 Å². The highest BCUT2D eigenvalue weighted by atomic mass is 16.4. The number of hydrogen-bond acceptors (Lipinski definition) is 5. The van der Waals surface area contributed by atoms with E-state index in [1.54, 1.807) is 18.2 Å². The molecule has 3 N–H and O–H groups in total. The van der Waals surface area contributed by atoms with Gasteiger partial charge in [0.2, 0.25) is 17.7 Å². The van der Waals surface area contributed by atoms with Gasteiger partial charge in [0.1, 0.15) is 11.6 Å². The Balaban J connectivity index is 1.65. The van der Waals surface area contributed by atoms with E-state index in [4.69, 9.17) is 4.42 Å². The van der Waals surface area contributed by atoms with Crippen molar-refractivity contribution in [1.82, 2.24) is 10.6 Å². The van der Waals surface area contributed by atoms with Crippen LogP contribution in [0, 0.1) is 6.92 Å². The number of benzene rings is 1. The molecule has 1 heterocycles. The molecule has 3 amide bonds. The van der Waals surface area contributed by atoms with Crippen molar-refractivity contribution in [3.8, 4) is 0 Å². The van der Waals surface area contributed by atoms with E-state index in [9.17, 15) is 19.2 Å². The first-order chi connectivity index (χ1) is 19.3. The highest BCUT2D eigenvalue weighted by Crippen LogP contribution is 2.21. The predicted molar refractivity (Wildman–Crippen MR) is 161 cm³/mol. The summed E-state index contributed by atoms with van der Waals surface area (Å²) in [5, 5.41) is 9.23. The molecular formula is C32H47N3O5. The first-order valence-corrected chi connectivity index (χ1v) is 14.8. The number of amides is 3. The van der Waals surface area contributed by atoms with Gasteiger partial charge in [-0.15, -0.1) is 0 Å². The standard InChI is InChI=1S/C32H47N3O5/c1-4-5-6-7-8-9-10-11-12-13-14-18-30(37)33-21-16-15-17-28(34-25(3)36)32(39)35-26-19-20-27-24(2)22-31(38)40-29(27)23-26/h11-12,19-20,22-23,28H,4-10,13-18,21H2,1-3H3,(H,33,37)(H,34,36)(H,35,39)/b12-11+/t28-/m0/s1. The van der Waals surface area contributed by atoms with E-state index in [2.05, 4.69) is 35.0 Å². The number of hydrogen-bond donors (Lipinski definition) is 3. The van der Waals surface area contributed by atoms with E-state index in [0.717, 1.165) is 30.2 Å². The van der Waals surface area contributed by atoms with Gasteiger partial charge in [-0.25, -0.2) is 4.79 Å². The van der Waals surface area contributed by atoms with Gasteiger partial charge in [-0.2, -0.15) is 0 Å². The summed E-state index contributed by atoms with van der Waals surface area (Å²) in [5.41, 5.74) is 1.21. The lowest BCUT2D eigenvalue weighted by molar-refractivity contribution is -0.125. The SMILES string of the molecule is CCCCCCCC/C=C/CCCC(=O)NCCCC[C@H](NC(C)=O)C(=O)Nc1ccc2c(C)cc(=O)oc2c1. The number of rotatable bonds is 19. The van der Waals surface area contributed by atoms with Crippen LogP contribution in [-0.4, -0.2) is 30.3 Å². The second-order valence-electron chi connectivity index (χ2n) is 10.5. The number of carbonyl (C=O) groups excluding carboxylic acids is 3. The Labute approximate surface area is 238 Å². The molecule has 1 aromatic carbocycles. The zero-order chi connectivity index (χ0) is 29.2. The Morgan fingerprint density at radius 3 is 2.40 bits per heavy atom. The summed E-state index contributed by atoms with van der Waals surface area (Å²) in [4.78, 5) is 48.4. The fraction of sp³-hybridized carbons (Fsp3) is 0.562. The minimum absolute atomic E-state index is 0.0404.